The molecule has 1 saturated heterocycles. The lowest BCUT2D eigenvalue weighted by atomic mass is 9.79. The van der Waals surface area contributed by atoms with Crippen LogP contribution in [-0.2, 0) is 4.79 Å². The van der Waals surface area contributed by atoms with Crippen LogP contribution in [0.25, 0.3) is 0 Å². The molecule has 114 valence electrons. The average molecular weight is 314 g/mol. The second-order valence-corrected chi connectivity index (χ2v) is 6.51. The van der Waals surface area contributed by atoms with Gasteiger partial charge < -0.3 is 10.2 Å². The first kappa shape index (κ1) is 14.8. The summed E-state index contributed by atoms with van der Waals surface area (Å²) in [7, 11) is 0. The smallest absolute Gasteiger partial charge is 0.252 e. The van der Waals surface area contributed by atoms with Crippen molar-refractivity contribution in [2.24, 2.45) is 0 Å². The van der Waals surface area contributed by atoms with Crippen molar-refractivity contribution >= 4 is 23.2 Å². The summed E-state index contributed by atoms with van der Waals surface area (Å²) in [5, 5.41) is 4.93. The van der Waals surface area contributed by atoms with Gasteiger partial charge in [0.05, 0.1) is 6.04 Å². The van der Waals surface area contributed by atoms with E-state index >= 15 is 0 Å². The van der Waals surface area contributed by atoms with Crippen LogP contribution >= 0.6 is 11.3 Å². The fraction of sp³-hybridized carbons (Fsp3) is 0.294. The molecule has 0 saturated carbocycles. The average Bonchev–Trinajstić information content (AvgIpc) is 3.05. The SMILES string of the molecule is CCN1C(=O)C(C)(NC(=O)c2ccccc2)C1c1cccs1. The van der Waals surface area contributed by atoms with Crippen LogP contribution in [0.1, 0.15) is 35.1 Å². The Bertz CT molecular complexity index is 684. The van der Waals surface area contributed by atoms with E-state index in [0.29, 0.717) is 12.1 Å². The lowest BCUT2D eigenvalue weighted by molar-refractivity contribution is -0.160. The molecular formula is C17H18N2O2S. The molecule has 0 aliphatic carbocycles. The topological polar surface area (TPSA) is 49.4 Å². The standard InChI is InChI=1S/C17H18N2O2S/c1-3-19-14(13-10-7-11-22-13)17(2,16(19)21)18-15(20)12-8-5-4-6-9-12/h4-11,14H,3H2,1-2H3,(H,18,20). The van der Waals surface area contributed by atoms with Gasteiger partial charge >= 0.3 is 0 Å². The van der Waals surface area contributed by atoms with Gasteiger partial charge in [0.25, 0.3) is 11.8 Å². The molecule has 0 bridgehead atoms. The van der Waals surface area contributed by atoms with Crippen molar-refractivity contribution in [3.63, 3.8) is 0 Å². The maximum Gasteiger partial charge on any atom is 0.252 e. The number of hydrogen-bond donors (Lipinski definition) is 1. The first-order valence-electron chi connectivity index (χ1n) is 7.30. The largest absolute Gasteiger partial charge is 0.336 e. The van der Waals surface area contributed by atoms with Gasteiger partial charge in [0.1, 0.15) is 5.54 Å². The van der Waals surface area contributed by atoms with Gasteiger partial charge in [0, 0.05) is 17.0 Å². The Balaban J connectivity index is 1.87. The predicted octanol–water partition coefficient (Wildman–Crippen LogP) is 2.84. The molecule has 22 heavy (non-hydrogen) atoms. The molecule has 5 heteroatoms. The van der Waals surface area contributed by atoms with Crippen molar-refractivity contribution in [1.29, 1.82) is 0 Å². The van der Waals surface area contributed by atoms with Gasteiger partial charge in [-0.2, -0.15) is 0 Å². The molecule has 1 fully saturated rings. The predicted molar refractivity (Wildman–Crippen MR) is 86.8 cm³/mol. The number of likely N-dealkylation sites (N-methyl/N-ethyl adjacent to an activating group) is 1. The Hall–Kier alpha value is -2.14. The molecule has 1 aliphatic heterocycles. The summed E-state index contributed by atoms with van der Waals surface area (Å²) in [5.74, 6) is -0.244. The Morgan fingerprint density at radius 1 is 1.27 bits per heavy atom. The Labute approximate surface area is 133 Å². The van der Waals surface area contributed by atoms with Crippen LogP contribution in [0.15, 0.2) is 47.8 Å². The fourth-order valence-electron chi connectivity index (χ4n) is 3.01. The van der Waals surface area contributed by atoms with Crippen LogP contribution in [0, 0.1) is 0 Å². The number of β-lactam (4-membered cyclic amide) rings is 1. The minimum absolute atomic E-state index is 0.0299. The number of rotatable bonds is 4. The number of nitrogens with zero attached hydrogens (tertiary/aromatic N) is 1. The van der Waals surface area contributed by atoms with E-state index in [2.05, 4.69) is 5.32 Å². The zero-order chi connectivity index (χ0) is 15.7. The zero-order valence-electron chi connectivity index (χ0n) is 12.6. The molecule has 2 amide bonds. The van der Waals surface area contributed by atoms with Crippen LogP contribution in [0.5, 0.6) is 0 Å². The molecule has 1 aromatic carbocycles. The normalized spacial score (nSPS) is 24.0. The van der Waals surface area contributed by atoms with Gasteiger partial charge in [-0.3, -0.25) is 9.59 Å². The summed E-state index contributed by atoms with van der Waals surface area (Å²) in [6.07, 6.45) is 0. The van der Waals surface area contributed by atoms with Gasteiger partial charge in [-0.1, -0.05) is 24.3 Å². The first-order valence-corrected chi connectivity index (χ1v) is 8.18. The maximum absolute atomic E-state index is 12.5. The van der Waals surface area contributed by atoms with Gasteiger partial charge in [0.2, 0.25) is 0 Å². The second kappa shape index (κ2) is 5.57. The molecule has 0 radical (unpaired) electrons. The minimum atomic E-state index is -0.881. The van der Waals surface area contributed by atoms with Crippen molar-refractivity contribution in [3.8, 4) is 0 Å². The lowest BCUT2D eigenvalue weighted by Gasteiger charge is -2.54. The van der Waals surface area contributed by atoms with Gasteiger partial charge in [-0.05, 0) is 37.4 Å². The Morgan fingerprint density at radius 2 is 2.00 bits per heavy atom. The lowest BCUT2D eigenvalue weighted by Crippen LogP contribution is -2.73. The number of amides is 2. The summed E-state index contributed by atoms with van der Waals surface area (Å²) < 4.78 is 0. The number of nitrogens with one attached hydrogen (secondary N) is 1. The minimum Gasteiger partial charge on any atom is -0.336 e. The third-order valence-corrected chi connectivity index (χ3v) is 5.05. The molecule has 4 nitrogen and oxygen atoms in total. The van der Waals surface area contributed by atoms with Gasteiger partial charge in [-0.25, -0.2) is 0 Å². The first-order chi connectivity index (χ1) is 10.6. The molecule has 2 atom stereocenters. The van der Waals surface area contributed by atoms with Crippen LogP contribution in [0.2, 0.25) is 0 Å². The number of carbonyl (C=O) groups excluding carboxylic acids is 2. The van der Waals surface area contributed by atoms with Crippen LogP contribution < -0.4 is 5.32 Å². The monoisotopic (exact) mass is 314 g/mol. The number of carbonyl (C=O) groups is 2. The molecule has 2 aromatic rings. The third kappa shape index (κ3) is 2.22. The van der Waals surface area contributed by atoms with E-state index in [-0.39, 0.29) is 17.9 Å². The Kier molecular flexibility index (Phi) is 3.74. The molecular weight excluding hydrogens is 296 g/mol. The molecule has 1 N–H and O–H groups in total. The van der Waals surface area contributed by atoms with E-state index in [1.807, 2.05) is 49.6 Å². The highest BCUT2D eigenvalue weighted by molar-refractivity contribution is 7.10. The van der Waals surface area contributed by atoms with Crippen LogP contribution in [0.4, 0.5) is 0 Å². The fourth-order valence-corrected chi connectivity index (χ4v) is 3.97. The third-order valence-electron chi connectivity index (χ3n) is 4.13. The van der Waals surface area contributed by atoms with E-state index in [1.54, 1.807) is 28.4 Å². The summed E-state index contributed by atoms with van der Waals surface area (Å²) in [4.78, 5) is 27.8. The second-order valence-electron chi connectivity index (χ2n) is 5.53. The van der Waals surface area contributed by atoms with Crippen molar-refractivity contribution in [2.75, 3.05) is 6.54 Å². The maximum atomic E-state index is 12.5. The number of thiophene rings is 1. The van der Waals surface area contributed by atoms with Crippen LogP contribution in [0.3, 0.4) is 0 Å². The van der Waals surface area contributed by atoms with Crippen LogP contribution in [-0.4, -0.2) is 28.8 Å². The van der Waals surface area contributed by atoms with Crippen molar-refractivity contribution < 1.29 is 9.59 Å². The van der Waals surface area contributed by atoms with E-state index in [9.17, 15) is 9.59 Å². The highest BCUT2D eigenvalue weighted by Crippen LogP contribution is 2.44. The quantitative estimate of drug-likeness (QED) is 0.882. The molecule has 2 heterocycles. The zero-order valence-corrected chi connectivity index (χ0v) is 13.4. The van der Waals surface area contributed by atoms with E-state index in [0.717, 1.165) is 4.88 Å². The number of hydrogen-bond acceptors (Lipinski definition) is 3. The number of likely N-dealkylation sites (tertiary alicyclic amines) is 1. The van der Waals surface area contributed by atoms with Crippen molar-refractivity contribution in [1.82, 2.24) is 10.2 Å². The van der Waals surface area contributed by atoms with Gasteiger partial charge in [-0.15, -0.1) is 11.3 Å². The van der Waals surface area contributed by atoms with Crippen molar-refractivity contribution in [2.45, 2.75) is 25.4 Å². The highest BCUT2D eigenvalue weighted by atomic mass is 32.1. The Morgan fingerprint density at radius 3 is 2.59 bits per heavy atom. The molecule has 1 aromatic heterocycles. The highest BCUT2D eigenvalue weighted by Gasteiger charge is 2.58. The molecule has 1 aliphatic rings. The molecule has 0 spiro atoms. The van der Waals surface area contributed by atoms with E-state index in [1.165, 1.54) is 0 Å². The summed E-state index contributed by atoms with van der Waals surface area (Å²) in [6, 6.07) is 12.9. The summed E-state index contributed by atoms with van der Waals surface area (Å²) in [5.41, 5.74) is -0.315. The van der Waals surface area contributed by atoms with E-state index < -0.39 is 5.54 Å². The van der Waals surface area contributed by atoms with Crippen molar-refractivity contribution in [3.05, 3.63) is 58.3 Å². The van der Waals surface area contributed by atoms with E-state index in [4.69, 9.17) is 0 Å². The summed E-state index contributed by atoms with van der Waals surface area (Å²) >= 11 is 1.61. The van der Waals surface area contributed by atoms with Gasteiger partial charge in [0.15, 0.2) is 0 Å². The number of benzene rings is 1. The molecule has 2 unspecified atom stereocenters. The molecule has 3 rings (SSSR count). The summed E-state index contributed by atoms with van der Waals surface area (Å²) in [6.45, 7) is 4.40.